The van der Waals surface area contributed by atoms with E-state index in [-0.39, 0.29) is 0 Å². The first kappa shape index (κ1) is 14.5. The summed E-state index contributed by atoms with van der Waals surface area (Å²) in [7, 11) is 0. The normalized spacial score (nSPS) is 12.7. The predicted octanol–water partition coefficient (Wildman–Crippen LogP) is 3.01. The van der Waals surface area contributed by atoms with Gasteiger partial charge in [-0.15, -0.1) is 10.2 Å². The van der Waals surface area contributed by atoms with Gasteiger partial charge in [-0.3, -0.25) is 9.67 Å². The van der Waals surface area contributed by atoms with E-state index in [0.29, 0.717) is 24.4 Å². The topological polar surface area (TPSA) is 81.7 Å². The third-order valence-corrected chi connectivity index (χ3v) is 3.76. The molecule has 3 heterocycles. The number of hydrogen-bond donors (Lipinski definition) is 1. The van der Waals surface area contributed by atoms with Crippen LogP contribution < -0.4 is 5.32 Å². The van der Waals surface area contributed by atoms with Crippen LogP contribution in [-0.4, -0.2) is 25.0 Å². The van der Waals surface area contributed by atoms with Gasteiger partial charge in [0.2, 0.25) is 11.8 Å². The molecule has 0 aliphatic carbocycles. The summed E-state index contributed by atoms with van der Waals surface area (Å²) in [5, 5.41) is 15.8. The van der Waals surface area contributed by atoms with Crippen molar-refractivity contribution in [3.05, 3.63) is 29.7 Å². The standard InChI is InChI=1S/C15H20N6O/c1-5-9(2)21-15-12(6-7-16-14(15)10(3)20-21)17-8-13-19-18-11(4)22-13/h6-7,9H,5,8H2,1-4H3,(H,16,17). The third kappa shape index (κ3) is 2.54. The van der Waals surface area contributed by atoms with Crippen LogP contribution in [0.4, 0.5) is 5.69 Å². The van der Waals surface area contributed by atoms with Gasteiger partial charge in [0.1, 0.15) is 11.0 Å². The lowest BCUT2D eigenvalue weighted by Crippen LogP contribution is -2.08. The molecule has 1 atom stereocenters. The molecule has 22 heavy (non-hydrogen) atoms. The molecular formula is C15H20N6O. The maximum atomic E-state index is 5.40. The molecule has 0 aliphatic rings. The first-order valence-electron chi connectivity index (χ1n) is 7.46. The predicted molar refractivity (Wildman–Crippen MR) is 83.6 cm³/mol. The summed E-state index contributed by atoms with van der Waals surface area (Å²) in [4.78, 5) is 4.46. The summed E-state index contributed by atoms with van der Waals surface area (Å²) in [6, 6.07) is 2.26. The highest BCUT2D eigenvalue weighted by Gasteiger charge is 2.16. The third-order valence-electron chi connectivity index (χ3n) is 3.76. The minimum Gasteiger partial charge on any atom is -0.424 e. The highest BCUT2D eigenvalue weighted by atomic mass is 16.4. The Balaban J connectivity index is 1.98. The fraction of sp³-hybridized carbons (Fsp3) is 0.467. The molecule has 7 heteroatoms. The Bertz CT molecular complexity index is 791. The van der Waals surface area contributed by atoms with Crippen molar-refractivity contribution in [2.45, 2.75) is 46.7 Å². The van der Waals surface area contributed by atoms with E-state index in [9.17, 15) is 0 Å². The minimum absolute atomic E-state index is 0.312. The maximum Gasteiger partial charge on any atom is 0.235 e. The van der Waals surface area contributed by atoms with E-state index in [2.05, 4.69) is 39.4 Å². The molecular weight excluding hydrogens is 280 g/mol. The molecule has 0 fully saturated rings. The maximum absolute atomic E-state index is 5.40. The van der Waals surface area contributed by atoms with Gasteiger partial charge in [0.25, 0.3) is 0 Å². The van der Waals surface area contributed by atoms with E-state index in [0.717, 1.165) is 28.8 Å². The van der Waals surface area contributed by atoms with E-state index in [1.165, 1.54) is 0 Å². The number of nitrogens with zero attached hydrogens (tertiary/aromatic N) is 5. The molecule has 0 bridgehead atoms. The second-order valence-electron chi connectivity index (χ2n) is 5.41. The molecule has 0 spiro atoms. The van der Waals surface area contributed by atoms with Gasteiger partial charge in [-0.25, -0.2) is 0 Å². The number of fused-ring (bicyclic) bond motifs is 1. The highest BCUT2D eigenvalue weighted by Crippen LogP contribution is 2.27. The number of anilines is 1. The van der Waals surface area contributed by atoms with E-state index >= 15 is 0 Å². The highest BCUT2D eigenvalue weighted by molar-refractivity contribution is 5.89. The second kappa shape index (κ2) is 5.75. The monoisotopic (exact) mass is 300 g/mol. The van der Waals surface area contributed by atoms with Gasteiger partial charge in [0.15, 0.2) is 0 Å². The van der Waals surface area contributed by atoms with Crippen LogP contribution in [0.15, 0.2) is 16.7 Å². The number of aryl methyl sites for hydroxylation is 2. The van der Waals surface area contributed by atoms with Crippen molar-refractivity contribution < 1.29 is 4.42 Å². The molecule has 0 saturated heterocycles. The van der Waals surface area contributed by atoms with Crippen LogP contribution in [0.1, 0.15) is 43.8 Å². The zero-order valence-electron chi connectivity index (χ0n) is 13.3. The van der Waals surface area contributed by atoms with Crippen LogP contribution in [0, 0.1) is 13.8 Å². The molecule has 116 valence electrons. The molecule has 0 aliphatic heterocycles. The van der Waals surface area contributed by atoms with Crippen LogP contribution in [0.3, 0.4) is 0 Å². The first-order valence-corrected chi connectivity index (χ1v) is 7.46. The summed E-state index contributed by atoms with van der Waals surface area (Å²) in [6.45, 7) is 8.55. The summed E-state index contributed by atoms with van der Waals surface area (Å²) in [6.07, 6.45) is 2.80. The van der Waals surface area contributed by atoms with E-state index in [1.54, 1.807) is 13.1 Å². The Kier molecular flexibility index (Phi) is 3.79. The van der Waals surface area contributed by atoms with Gasteiger partial charge in [-0.2, -0.15) is 5.10 Å². The smallest absolute Gasteiger partial charge is 0.235 e. The Morgan fingerprint density at radius 1 is 1.32 bits per heavy atom. The van der Waals surface area contributed by atoms with Crippen molar-refractivity contribution in [2.75, 3.05) is 5.32 Å². The summed E-state index contributed by atoms with van der Waals surface area (Å²) < 4.78 is 7.44. The number of rotatable bonds is 5. The average molecular weight is 300 g/mol. The van der Waals surface area contributed by atoms with Crippen molar-refractivity contribution >= 4 is 16.7 Å². The Morgan fingerprint density at radius 2 is 2.14 bits per heavy atom. The molecule has 3 aromatic heterocycles. The van der Waals surface area contributed by atoms with Crippen molar-refractivity contribution in [1.82, 2.24) is 25.0 Å². The summed E-state index contributed by atoms with van der Waals surface area (Å²) >= 11 is 0. The van der Waals surface area contributed by atoms with Crippen molar-refractivity contribution in [3.63, 3.8) is 0 Å². The lowest BCUT2D eigenvalue weighted by atomic mass is 10.2. The van der Waals surface area contributed by atoms with Crippen LogP contribution in [0.2, 0.25) is 0 Å². The van der Waals surface area contributed by atoms with Gasteiger partial charge in [-0.1, -0.05) is 6.92 Å². The molecule has 0 radical (unpaired) electrons. The quantitative estimate of drug-likeness (QED) is 0.780. The van der Waals surface area contributed by atoms with E-state index < -0.39 is 0 Å². The lowest BCUT2D eigenvalue weighted by Gasteiger charge is -2.13. The van der Waals surface area contributed by atoms with Gasteiger partial charge in [-0.05, 0) is 26.3 Å². The SMILES string of the molecule is CCC(C)n1nc(C)c2nccc(NCc3nnc(C)o3)c21. The second-order valence-corrected chi connectivity index (χ2v) is 5.41. The van der Waals surface area contributed by atoms with Crippen LogP contribution >= 0.6 is 0 Å². The Hall–Kier alpha value is -2.44. The molecule has 0 aromatic carbocycles. The van der Waals surface area contributed by atoms with Crippen molar-refractivity contribution in [1.29, 1.82) is 0 Å². The van der Waals surface area contributed by atoms with Crippen LogP contribution in [-0.2, 0) is 6.54 Å². The first-order chi connectivity index (χ1) is 10.6. The molecule has 1 N–H and O–H groups in total. The molecule has 1 unspecified atom stereocenters. The molecule has 7 nitrogen and oxygen atoms in total. The minimum atomic E-state index is 0.312. The Labute approximate surface area is 128 Å². The summed E-state index contributed by atoms with van der Waals surface area (Å²) in [5.74, 6) is 1.13. The van der Waals surface area contributed by atoms with Gasteiger partial charge in [0, 0.05) is 19.2 Å². The number of aromatic nitrogens is 5. The van der Waals surface area contributed by atoms with Gasteiger partial charge in [0.05, 0.1) is 17.9 Å². The fourth-order valence-corrected chi connectivity index (χ4v) is 2.42. The van der Waals surface area contributed by atoms with E-state index in [4.69, 9.17) is 4.42 Å². The molecule has 3 rings (SSSR count). The van der Waals surface area contributed by atoms with Crippen molar-refractivity contribution in [2.24, 2.45) is 0 Å². The zero-order valence-corrected chi connectivity index (χ0v) is 13.3. The Morgan fingerprint density at radius 3 is 2.82 bits per heavy atom. The van der Waals surface area contributed by atoms with Gasteiger partial charge >= 0.3 is 0 Å². The van der Waals surface area contributed by atoms with Crippen molar-refractivity contribution in [3.8, 4) is 0 Å². The van der Waals surface area contributed by atoms with Gasteiger partial charge < -0.3 is 9.73 Å². The summed E-state index contributed by atoms with van der Waals surface area (Å²) in [5.41, 5.74) is 3.85. The number of nitrogens with one attached hydrogen (secondary N) is 1. The average Bonchev–Trinajstić information content (AvgIpc) is 3.09. The zero-order chi connectivity index (χ0) is 15.7. The molecule has 0 saturated carbocycles. The number of pyridine rings is 1. The van der Waals surface area contributed by atoms with E-state index in [1.807, 2.05) is 17.7 Å². The molecule has 3 aromatic rings. The largest absolute Gasteiger partial charge is 0.424 e. The number of hydrogen-bond acceptors (Lipinski definition) is 6. The lowest BCUT2D eigenvalue weighted by molar-refractivity contribution is 0.474. The van der Waals surface area contributed by atoms with Crippen LogP contribution in [0.25, 0.3) is 11.0 Å². The fourth-order valence-electron chi connectivity index (χ4n) is 2.42. The van der Waals surface area contributed by atoms with Crippen LogP contribution in [0.5, 0.6) is 0 Å². The molecule has 0 amide bonds.